The Bertz CT molecular complexity index is 762. The van der Waals surface area contributed by atoms with E-state index in [1.54, 1.807) is 30.5 Å². The van der Waals surface area contributed by atoms with E-state index in [-0.39, 0.29) is 23.4 Å². The number of halogens is 1. The highest BCUT2D eigenvalue weighted by Gasteiger charge is 2.26. The zero-order chi connectivity index (χ0) is 14.9. The van der Waals surface area contributed by atoms with Crippen LogP contribution < -0.4 is 0 Å². The normalized spacial score (nSPS) is 21.1. The van der Waals surface area contributed by atoms with Gasteiger partial charge >= 0.3 is 0 Å². The van der Waals surface area contributed by atoms with Crippen LogP contribution in [0.15, 0.2) is 45.8 Å². The van der Waals surface area contributed by atoms with E-state index in [1.165, 1.54) is 12.1 Å². The van der Waals surface area contributed by atoms with Crippen LogP contribution in [-0.4, -0.2) is 32.2 Å². The molecule has 1 aromatic carbocycles. The molecule has 3 rings (SSSR count). The second-order valence-corrected chi connectivity index (χ2v) is 7.27. The first-order chi connectivity index (χ1) is 10.0. The largest absolute Gasteiger partial charge is 0.455 e. The fourth-order valence-corrected chi connectivity index (χ4v) is 3.90. The zero-order valence-electron chi connectivity index (χ0n) is 11.2. The molecule has 1 atom stereocenters. The maximum atomic E-state index is 12.9. The molecule has 21 heavy (non-hydrogen) atoms. The van der Waals surface area contributed by atoms with E-state index < -0.39 is 9.84 Å². The summed E-state index contributed by atoms with van der Waals surface area (Å²) in [5.41, 5.74) is 0.777. The molecule has 1 saturated heterocycles. The van der Waals surface area contributed by atoms with Crippen LogP contribution in [0.2, 0.25) is 0 Å². The standard InChI is InChI=1S/C15H14FNO3S/c16-12-3-1-11(2-4-12)15-6-5-14(20-15)9-17-13-7-8-21(18,19)10-13/h1-6,9,13H,7-8,10H2/t13-/m0/s1. The fourth-order valence-electron chi connectivity index (χ4n) is 2.26. The van der Waals surface area contributed by atoms with Crippen LogP contribution in [0.4, 0.5) is 4.39 Å². The average Bonchev–Trinajstić information content (AvgIpc) is 3.04. The lowest BCUT2D eigenvalue weighted by molar-refractivity contribution is 0.573. The summed E-state index contributed by atoms with van der Waals surface area (Å²) in [7, 11) is -2.92. The zero-order valence-corrected chi connectivity index (χ0v) is 12.0. The molecule has 0 aliphatic carbocycles. The monoisotopic (exact) mass is 307 g/mol. The van der Waals surface area contributed by atoms with Crippen molar-refractivity contribution in [3.05, 3.63) is 48.0 Å². The predicted molar refractivity (Wildman–Crippen MR) is 78.8 cm³/mol. The highest BCUT2D eigenvalue weighted by Crippen LogP contribution is 2.22. The van der Waals surface area contributed by atoms with Gasteiger partial charge in [0.2, 0.25) is 0 Å². The van der Waals surface area contributed by atoms with Crippen molar-refractivity contribution in [3.8, 4) is 11.3 Å². The van der Waals surface area contributed by atoms with Crippen molar-refractivity contribution in [2.75, 3.05) is 11.5 Å². The maximum Gasteiger partial charge on any atom is 0.152 e. The van der Waals surface area contributed by atoms with Gasteiger partial charge in [-0.1, -0.05) is 0 Å². The summed E-state index contributed by atoms with van der Waals surface area (Å²) in [5.74, 6) is 1.19. The number of aliphatic imine (C=N–C) groups is 1. The molecule has 0 unspecified atom stereocenters. The average molecular weight is 307 g/mol. The van der Waals surface area contributed by atoms with Gasteiger partial charge in [0.25, 0.3) is 0 Å². The Morgan fingerprint density at radius 2 is 1.95 bits per heavy atom. The molecule has 0 amide bonds. The van der Waals surface area contributed by atoms with Gasteiger partial charge in [0.1, 0.15) is 17.3 Å². The van der Waals surface area contributed by atoms with Crippen molar-refractivity contribution in [3.63, 3.8) is 0 Å². The molecule has 1 fully saturated rings. The molecule has 0 bridgehead atoms. The van der Waals surface area contributed by atoms with E-state index in [0.29, 0.717) is 17.9 Å². The summed E-state index contributed by atoms with van der Waals surface area (Å²) < 4.78 is 41.1. The van der Waals surface area contributed by atoms with Crippen LogP contribution in [0, 0.1) is 5.82 Å². The Morgan fingerprint density at radius 1 is 1.19 bits per heavy atom. The molecule has 4 nitrogen and oxygen atoms in total. The summed E-state index contributed by atoms with van der Waals surface area (Å²) >= 11 is 0. The van der Waals surface area contributed by atoms with Crippen molar-refractivity contribution in [2.24, 2.45) is 4.99 Å². The van der Waals surface area contributed by atoms with Gasteiger partial charge < -0.3 is 4.42 Å². The number of sulfone groups is 1. The Balaban J connectivity index is 1.72. The molecule has 0 N–H and O–H groups in total. The number of rotatable bonds is 3. The quantitative estimate of drug-likeness (QED) is 0.819. The summed E-state index contributed by atoms with van der Waals surface area (Å²) in [4.78, 5) is 4.25. The molecular formula is C15H14FNO3S. The number of hydrogen-bond donors (Lipinski definition) is 0. The summed E-state index contributed by atoms with van der Waals surface area (Å²) in [6.45, 7) is 0. The Kier molecular flexibility index (Phi) is 3.63. The van der Waals surface area contributed by atoms with E-state index in [9.17, 15) is 12.8 Å². The van der Waals surface area contributed by atoms with Crippen molar-refractivity contribution >= 4 is 16.1 Å². The van der Waals surface area contributed by atoms with Crippen molar-refractivity contribution in [1.82, 2.24) is 0 Å². The lowest BCUT2D eigenvalue weighted by atomic mass is 10.2. The molecule has 0 radical (unpaired) electrons. The van der Waals surface area contributed by atoms with Gasteiger partial charge in [0, 0.05) is 5.56 Å². The van der Waals surface area contributed by atoms with Crippen LogP contribution in [0.1, 0.15) is 12.2 Å². The number of furan rings is 1. The minimum atomic E-state index is -2.92. The number of nitrogens with zero attached hydrogens (tertiary/aromatic N) is 1. The molecular weight excluding hydrogens is 293 g/mol. The lowest BCUT2D eigenvalue weighted by Gasteiger charge is -1.98. The highest BCUT2D eigenvalue weighted by atomic mass is 32.2. The van der Waals surface area contributed by atoms with Gasteiger partial charge in [-0.05, 0) is 42.8 Å². The Labute approximate surface area is 122 Å². The highest BCUT2D eigenvalue weighted by molar-refractivity contribution is 7.91. The number of hydrogen-bond acceptors (Lipinski definition) is 4. The van der Waals surface area contributed by atoms with Gasteiger partial charge in [0.05, 0.1) is 23.8 Å². The number of benzene rings is 1. The molecule has 1 aromatic heterocycles. The molecule has 0 spiro atoms. The van der Waals surface area contributed by atoms with Crippen LogP contribution in [-0.2, 0) is 9.84 Å². The molecule has 6 heteroatoms. The fraction of sp³-hybridized carbons (Fsp3) is 0.267. The third-order valence-electron chi connectivity index (χ3n) is 3.38. The predicted octanol–water partition coefficient (Wildman–Crippen LogP) is 2.69. The van der Waals surface area contributed by atoms with Crippen LogP contribution in [0.25, 0.3) is 11.3 Å². The van der Waals surface area contributed by atoms with Crippen molar-refractivity contribution in [2.45, 2.75) is 12.5 Å². The van der Waals surface area contributed by atoms with E-state index in [2.05, 4.69) is 4.99 Å². The molecule has 1 aliphatic heterocycles. The van der Waals surface area contributed by atoms with Crippen molar-refractivity contribution < 1.29 is 17.2 Å². The topological polar surface area (TPSA) is 59.6 Å². The molecule has 1 aliphatic rings. The first kappa shape index (κ1) is 14.0. The van der Waals surface area contributed by atoms with Gasteiger partial charge in [-0.2, -0.15) is 0 Å². The lowest BCUT2D eigenvalue weighted by Crippen LogP contribution is -2.07. The third kappa shape index (κ3) is 3.39. The van der Waals surface area contributed by atoms with Crippen LogP contribution in [0.5, 0.6) is 0 Å². The van der Waals surface area contributed by atoms with Gasteiger partial charge in [0.15, 0.2) is 9.84 Å². The SMILES string of the molecule is O=S1(=O)CC[C@H](N=Cc2ccc(-c3ccc(F)cc3)o2)C1. The van der Waals surface area contributed by atoms with E-state index >= 15 is 0 Å². The summed E-state index contributed by atoms with van der Waals surface area (Å²) in [6.07, 6.45) is 2.11. The first-order valence-corrected chi connectivity index (χ1v) is 8.43. The molecule has 2 aromatic rings. The Morgan fingerprint density at radius 3 is 2.62 bits per heavy atom. The van der Waals surface area contributed by atoms with E-state index in [0.717, 1.165) is 5.56 Å². The van der Waals surface area contributed by atoms with E-state index in [1.807, 2.05) is 0 Å². The van der Waals surface area contributed by atoms with Gasteiger partial charge in [-0.3, -0.25) is 4.99 Å². The van der Waals surface area contributed by atoms with E-state index in [4.69, 9.17) is 4.42 Å². The van der Waals surface area contributed by atoms with Gasteiger partial charge in [-0.25, -0.2) is 12.8 Å². The van der Waals surface area contributed by atoms with Crippen LogP contribution in [0.3, 0.4) is 0 Å². The van der Waals surface area contributed by atoms with Crippen molar-refractivity contribution in [1.29, 1.82) is 0 Å². The first-order valence-electron chi connectivity index (χ1n) is 6.61. The smallest absolute Gasteiger partial charge is 0.152 e. The summed E-state index contributed by atoms with van der Waals surface area (Å²) in [6, 6.07) is 9.36. The molecule has 2 heterocycles. The second-order valence-electron chi connectivity index (χ2n) is 5.04. The minimum absolute atomic E-state index is 0.106. The molecule has 0 saturated carbocycles. The van der Waals surface area contributed by atoms with Gasteiger partial charge in [-0.15, -0.1) is 0 Å². The third-order valence-corrected chi connectivity index (χ3v) is 5.13. The maximum absolute atomic E-state index is 12.9. The molecule has 110 valence electrons. The van der Waals surface area contributed by atoms with Crippen LogP contribution >= 0.6 is 0 Å². The summed E-state index contributed by atoms with van der Waals surface area (Å²) in [5, 5.41) is 0. The Hall–Kier alpha value is -1.95. The second kappa shape index (κ2) is 5.44. The minimum Gasteiger partial charge on any atom is -0.455 e.